The summed E-state index contributed by atoms with van der Waals surface area (Å²) in [5.41, 5.74) is 0.902. The lowest BCUT2D eigenvalue weighted by Crippen LogP contribution is -2.23. The lowest BCUT2D eigenvalue weighted by Gasteiger charge is -1.98. The van der Waals surface area contributed by atoms with Gasteiger partial charge in [0.25, 0.3) is 0 Å². The van der Waals surface area contributed by atoms with Gasteiger partial charge in [-0.1, -0.05) is 0 Å². The van der Waals surface area contributed by atoms with Crippen molar-refractivity contribution in [1.82, 2.24) is 15.1 Å². The van der Waals surface area contributed by atoms with Crippen LogP contribution in [-0.4, -0.2) is 29.8 Å². The molecular formula is C7H12N4O. The molecule has 12 heavy (non-hydrogen) atoms. The zero-order chi connectivity index (χ0) is 8.97. The maximum Gasteiger partial charge on any atom is 0.241 e. The second-order valence-electron chi connectivity index (χ2n) is 2.35. The number of anilines is 1. The molecule has 0 aliphatic rings. The zero-order valence-corrected chi connectivity index (χ0v) is 7.16. The fourth-order valence-electron chi connectivity index (χ4n) is 0.805. The van der Waals surface area contributed by atoms with Gasteiger partial charge in [-0.3, -0.25) is 9.48 Å². The minimum absolute atomic E-state index is 0.0549. The molecular weight excluding hydrogens is 156 g/mol. The Morgan fingerprint density at radius 3 is 2.92 bits per heavy atom. The Labute approximate surface area is 70.8 Å². The van der Waals surface area contributed by atoms with Gasteiger partial charge >= 0.3 is 0 Å². The average Bonchev–Trinajstić information content (AvgIpc) is 2.52. The van der Waals surface area contributed by atoms with Gasteiger partial charge in [-0.15, -0.1) is 0 Å². The average molecular weight is 168 g/mol. The summed E-state index contributed by atoms with van der Waals surface area (Å²) in [4.78, 5) is 10.9. The molecule has 0 unspecified atom stereocenters. The van der Waals surface area contributed by atoms with Crippen LogP contribution in [0.2, 0.25) is 0 Å². The van der Waals surface area contributed by atoms with Crippen LogP contribution in [0.5, 0.6) is 0 Å². The molecule has 2 N–H and O–H groups in total. The van der Waals surface area contributed by atoms with Crippen molar-refractivity contribution in [3.63, 3.8) is 0 Å². The minimum atomic E-state index is -0.0549. The van der Waals surface area contributed by atoms with E-state index >= 15 is 0 Å². The number of hydrogen-bond acceptors (Lipinski definition) is 3. The largest absolute Gasteiger partial charge is 0.386 e. The van der Waals surface area contributed by atoms with E-state index in [1.54, 1.807) is 31.2 Å². The van der Waals surface area contributed by atoms with Crippen molar-refractivity contribution in [2.24, 2.45) is 0 Å². The lowest BCUT2D eigenvalue weighted by molar-refractivity contribution is -0.121. The number of carbonyl (C=O) groups is 1. The first-order valence-corrected chi connectivity index (χ1v) is 3.67. The van der Waals surface area contributed by atoms with E-state index in [9.17, 15) is 4.79 Å². The van der Waals surface area contributed by atoms with Crippen molar-refractivity contribution >= 4 is 11.6 Å². The smallest absolute Gasteiger partial charge is 0.241 e. The number of nitrogens with zero attached hydrogens (tertiary/aromatic N) is 2. The van der Waals surface area contributed by atoms with Crippen LogP contribution in [0, 0.1) is 0 Å². The number of carbonyl (C=O) groups excluding carboxylic acids is 1. The first kappa shape index (κ1) is 8.58. The number of amides is 1. The summed E-state index contributed by atoms with van der Waals surface area (Å²) in [6.45, 7) is 0.262. The van der Waals surface area contributed by atoms with Gasteiger partial charge < -0.3 is 10.6 Å². The molecule has 0 saturated heterocycles. The van der Waals surface area contributed by atoms with Crippen LogP contribution in [0.15, 0.2) is 12.4 Å². The summed E-state index contributed by atoms with van der Waals surface area (Å²) in [5, 5.41) is 9.41. The van der Waals surface area contributed by atoms with E-state index in [2.05, 4.69) is 15.7 Å². The van der Waals surface area contributed by atoms with Crippen molar-refractivity contribution in [2.45, 2.75) is 6.54 Å². The lowest BCUT2D eigenvalue weighted by atomic mass is 10.5. The molecule has 1 amide bonds. The summed E-state index contributed by atoms with van der Waals surface area (Å²) >= 11 is 0. The monoisotopic (exact) mass is 168 g/mol. The van der Waals surface area contributed by atoms with E-state index in [-0.39, 0.29) is 12.5 Å². The number of nitrogens with one attached hydrogen (secondary N) is 2. The van der Waals surface area contributed by atoms with Gasteiger partial charge in [-0.25, -0.2) is 0 Å². The highest BCUT2D eigenvalue weighted by atomic mass is 16.1. The molecule has 0 atom stereocenters. The quantitative estimate of drug-likeness (QED) is 0.649. The molecule has 1 heterocycles. The molecule has 0 saturated carbocycles. The molecule has 0 radical (unpaired) electrons. The Morgan fingerprint density at radius 2 is 2.42 bits per heavy atom. The van der Waals surface area contributed by atoms with Gasteiger partial charge in [-0.05, 0) is 0 Å². The van der Waals surface area contributed by atoms with Crippen LogP contribution >= 0.6 is 0 Å². The second-order valence-corrected chi connectivity index (χ2v) is 2.35. The third-order valence-corrected chi connectivity index (χ3v) is 1.51. The molecule has 0 spiro atoms. The number of aromatic nitrogens is 2. The maximum absolute atomic E-state index is 10.9. The molecule has 1 aromatic heterocycles. The van der Waals surface area contributed by atoms with Gasteiger partial charge in [0, 0.05) is 20.3 Å². The molecule has 0 aromatic carbocycles. The van der Waals surface area contributed by atoms with Crippen molar-refractivity contribution in [3.05, 3.63) is 12.4 Å². The van der Waals surface area contributed by atoms with Crippen molar-refractivity contribution in [2.75, 3.05) is 19.4 Å². The predicted octanol–water partition coefficient (Wildman–Crippen LogP) is -0.329. The highest BCUT2D eigenvalue weighted by Crippen LogP contribution is 2.01. The Kier molecular flexibility index (Phi) is 2.68. The summed E-state index contributed by atoms with van der Waals surface area (Å²) in [6.07, 6.45) is 3.44. The third kappa shape index (κ3) is 1.98. The Balaban J connectivity index is 2.58. The number of hydrogen-bond donors (Lipinski definition) is 2. The first-order valence-electron chi connectivity index (χ1n) is 3.67. The van der Waals surface area contributed by atoms with Crippen LogP contribution < -0.4 is 10.6 Å². The molecule has 0 aliphatic heterocycles. The van der Waals surface area contributed by atoms with E-state index in [1.165, 1.54) is 0 Å². The van der Waals surface area contributed by atoms with Crippen LogP contribution in [-0.2, 0) is 11.3 Å². The highest BCUT2D eigenvalue weighted by molar-refractivity contribution is 5.75. The fourth-order valence-corrected chi connectivity index (χ4v) is 0.805. The standard InChI is InChI=1S/C7H12N4O/c1-8-6-3-10-11(4-6)5-7(12)9-2/h3-4,8H,5H2,1-2H3,(H,9,12). The minimum Gasteiger partial charge on any atom is -0.386 e. The van der Waals surface area contributed by atoms with E-state index < -0.39 is 0 Å². The number of rotatable bonds is 3. The Bertz CT molecular complexity index is 268. The van der Waals surface area contributed by atoms with E-state index in [1.807, 2.05) is 0 Å². The van der Waals surface area contributed by atoms with Crippen molar-refractivity contribution in [1.29, 1.82) is 0 Å². The molecule has 66 valence electrons. The van der Waals surface area contributed by atoms with Gasteiger partial charge in [0.15, 0.2) is 0 Å². The molecule has 0 fully saturated rings. The zero-order valence-electron chi connectivity index (χ0n) is 7.16. The summed E-state index contributed by atoms with van der Waals surface area (Å²) in [5.74, 6) is -0.0549. The topological polar surface area (TPSA) is 59.0 Å². The molecule has 5 heteroatoms. The Hall–Kier alpha value is -1.52. The summed E-state index contributed by atoms with van der Waals surface area (Å²) in [7, 11) is 3.41. The van der Waals surface area contributed by atoms with Gasteiger partial charge in [0.05, 0.1) is 11.9 Å². The van der Waals surface area contributed by atoms with Gasteiger partial charge in [0.1, 0.15) is 6.54 Å². The first-order chi connectivity index (χ1) is 5.76. The maximum atomic E-state index is 10.9. The molecule has 1 rings (SSSR count). The van der Waals surface area contributed by atoms with E-state index in [4.69, 9.17) is 0 Å². The van der Waals surface area contributed by atoms with E-state index in [0.717, 1.165) is 5.69 Å². The summed E-state index contributed by atoms with van der Waals surface area (Å²) in [6, 6.07) is 0. The van der Waals surface area contributed by atoms with Crippen LogP contribution in [0.1, 0.15) is 0 Å². The normalized spacial score (nSPS) is 9.50. The SMILES string of the molecule is CNC(=O)Cn1cc(NC)cn1. The highest BCUT2D eigenvalue weighted by Gasteiger charge is 2.00. The molecule has 0 aliphatic carbocycles. The Morgan fingerprint density at radius 1 is 1.67 bits per heavy atom. The number of likely N-dealkylation sites (N-methyl/N-ethyl adjacent to an activating group) is 1. The van der Waals surface area contributed by atoms with Crippen LogP contribution in [0.4, 0.5) is 5.69 Å². The van der Waals surface area contributed by atoms with Crippen molar-refractivity contribution in [3.8, 4) is 0 Å². The predicted molar refractivity (Wildman–Crippen MR) is 45.8 cm³/mol. The molecule has 1 aromatic rings. The van der Waals surface area contributed by atoms with Crippen LogP contribution in [0.25, 0.3) is 0 Å². The molecule has 5 nitrogen and oxygen atoms in total. The van der Waals surface area contributed by atoms with Crippen molar-refractivity contribution < 1.29 is 4.79 Å². The van der Waals surface area contributed by atoms with Gasteiger partial charge in [0.2, 0.25) is 5.91 Å². The van der Waals surface area contributed by atoms with Gasteiger partial charge in [-0.2, -0.15) is 5.10 Å². The van der Waals surface area contributed by atoms with E-state index in [0.29, 0.717) is 0 Å². The third-order valence-electron chi connectivity index (χ3n) is 1.51. The molecule has 0 bridgehead atoms. The summed E-state index contributed by atoms with van der Waals surface area (Å²) < 4.78 is 1.57. The second kappa shape index (κ2) is 3.75. The van der Waals surface area contributed by atoms with Crippen LogP contribution in [0.3, 0.4) is 0 Å². The fraction of sp³-hybridized carbons (Fsp3) is 0.429.